The molecule has 1 atom stereocenters. The second-order valence-electron chi connectivity index (χ2n) is 8.20. The summed E-state index contributed by atoms with van der Waals surface area (Å²) >= 11 is 3.60. The van der Waals surface area contributed by atoms with E-state index in [-0.39, 0.29) is 0 Å². The highest BCUT2D eigenvalue weighted by molar-refractivity contribution is 9.10. The fraction of sp³-hybridized carbons (Fsp3) is 0.222. The first-order chi connectivity index (χ1) is 16.4. The predicted molar refractivity (Wildman–Crippen MR) is 136 cm³/mol. The van der Waals surface area contributed by atoms with Crippen LogP contribution in [-0.2, 0) is 24.4 Å². The van der Waals surface area contributed by atoms with Crippen LogP contribution in [0.25, 0.3) is 10.9 Å². The molecule has 0 aliphatic carbocycles. The first-order valence-electron chi connectivity index (χ1n) is 11.0. The van der Waals surface area contributed by atoms with Gasteiger partial charge in [0.1, 0.15) is 12.6 Å². The number of para-hydroxylation sites is 1. The Labute approximate surface area is 207 Å². The van der Waals surface area contributed by atoms with Gasteiger partial charge in [-0.15, -0.1) is 0 Å². The Balaban J connectivity index is 1.45. The Bertz CT molecular complexity index is 1280. The average Bonchev–Trinajstić information content (AvgIpc) is 3.24. The molecule has 1 heterocycles. The number of aromatic amines is 1. The van der Waals surface area contributed by atoms with Gasteiger partial charge in [-0.05, 0) is 41.8 Å². The zero-order chi connectivity index (χ0) is 24.1. The predicted octanol–water partition coefficient (Wildman–Crippen LogP) is 5.61. The molecule has 3 aromatic carbocycles. The van der Waals surface area contributed by atoms with Crippen LogP contribution in [-0.4, -0.2) is 29.2 Å². The smallest absolute Gasteiger partial charge is 0.321 e. The third kappa shape index (κ3) is 5.61. The van der Waals surface area contributed by atoms with Gasteiger partial charge in [0.05, 0.1) is 7.11 Å². The summed E-state index contributed by atoms with van der Waals surface area (Å²) in [5.41, 5.74) is 5.11. The molecule has 0 bridgehead atoms. The van der Waals surface area contributed by atoms with Gasteiger partial charge in [0, 0.05) is 34.5 Å². The minimum Gasteiger partial charge on any atom is -0.493 e. The van der Waals surface area contributed by atoms with Crippen molar-refractivity contribution in [1.29, 1.82) is 0 Å². The van der Waals surface area contributed by atoms with Crippen LogP contribution >= 0.6 is 15.9 Å². The molecule has 0 fully saturated rings. The minimum atomic E-state index is -0.897. The summed E-state index contributed by atoms with van der Waals surface area (Å²) in [4.78, 5) is 15.2. The molecule has 0 amide bonds. The lowest BCUT2D eigenvalue weighted by Crippen LogP contribution is -2.38. The van der Waals surface area contributed by atoms with Crippen LogP contribution in [0.1, 0.15) is 22.3 Å². The molecular weight excluding hydrogens is 496 g/mol. The van der Waals surface area contributed by atoms with E-state index >= 15 is 0 Å². The topological polar surface area (TPSA) is 83.6 Å². The Morgan fingerprint density at radius 3 is 2.59 bits per heavy atom. The number of carboxylic acids is 1. The summed E-state index contributed by atoms with van der Waals surface area (Å²) in [6.45, 7) is 2.83. The van der Waals surface area contributed by atoms with E-state index in [1.807, 2.05) is 61.7 Å². The van der Waals surface area contributed by atoms with E-state index in [1.165, 1.54) is 5.56 Å². The molecule has 6 nitrogen and oxygen atoms in total. The van der Waals surface area contributed by atoms with Crippen molar-refractivity contribution in [2.24, 2.45) is 0 Å². The maximum Gasteiger partial charge on any atom is 0.321 e. The first kappa shape index (κ1) is 23.9. The number of ether oxygens (including phenoxy) is 2. The van der Waals surface area contributed by atoms with Crippen LogP contribution in [0.15, 0.2) is 71.3 Å². The zero-order valence-corrected chi connectivity index (χ0v) is 20.7. The van der Waals surface area contributed by atoms with Crippen molar-refractivity contribution in [3.8, 4) is 11.5 Å². The highest BCUT2D eigenvalue weighted by Gasteiger charge is 2.20. The zero-order valence-electron chi connectivity index (χ0n) is 19.1. The van der Waals surface area contributed by atoms with E-state index in [1.54, 1.807) is 7.11 Å². The van der Waals surface area contributed by atoms with Crippen LogP contribution in [0.4, 0.5) is 0 Å². The van der Waals surface area contributed by atoms with Crippen molar-refractivity contribution in [3.63, 3.8) is 0 Å². The number of nitrogens with one attached hydrogen (secondary N) is 2. The second kappa shape index (κ2) is 10.8. The highest BCUT2D eigenvalue weighted by atomic mass is 79.9. The number of hydrogen-bond acceptors (Lipinski definition) is 4. The summed E-state index contributed by atoms with van der Waals surface area (Å²) in [6, 6.07) is 19.0. The number of benzene rings is 3. The number of hydrogen-bond donors (Lipinski definition) is 3. The summed E-state index contributed by atoms with van der Waals surface area (Å²) in [7, 11) is 1.59. The Morgan fingerprint density at radius 1 is 1.09 bits per heavy atom. The molecule has 7 heteroatoms. The van der Waals surface area contributed by atoms with Gasteiger partial charge in [-0.1, -0.05) is 64.0 Å². The third-order valence-corrected chi connectivity index (χ3v) is 6.52. The Kier molecular flexibility index (Phi) is 7.55. The van der Waals surface area contributed by atoms with E-state index in [2.05, 4.69) is 38.4 Å². The normalized spacial score (nSPS) is 12.0. The van der Waals surface area contributed by atoms with Crippen molar-refractivity contribution < 1.29 is 19.4 Å². The van der Waals surface area contributed by atoms with Gasteiger partial charge in [0.15, 0.2) is 11.5 Å². The molecule has 0 spiro atoms. The third-order valence-electron chi connectivity index (χ3n) is 5.78. The van der Waals surface area contributed by atoms with E-state index < -0.39 is 12.0 Å². The van der Waals surface area contributed by atoms with Gasteiger partial charge < -0.3 is 19.6 Å². The van der Waals surface area contributed by atoms with Gasteiger partial charge in [-0.3, -0.25) is 10.1 Å². The largest absolute Gasteiger partial charge is 0.493 e. The van der Waals surface area contributed by atoms with E-state index in [4.69, 9.17) is 9.47 Å². The molecule has 0 aliphatic heterocycles. The molecule has 34 heavy (non-hydrogen) atoms. The average molecular weight is 523 g/mol. The number of fused-ring (bicyclic) bond motifs is 1. The van der Waals surface area contributed by atoms with Crippen molar-refractivity contribution in [2.75, 3.05) is 7.11 Å². The monoisotopic (exact) mass is 522 g/mol. The van der Waals surface area contributed by atoms with Gasteiger partial charge in [-0.25, -0.2) is 0 Å². The molecule has 0 saturated carbocycles. The number of aryl methyl sites for hydroxylation is 1. The number of carboxylic acid groups (broad SMARTS) is 1. The quantitative estimate of drug-likeness (QED) is 0.252. The highest BCUT2D eigenvalue weighted by Crippen LogP contribution is 2.34. The van der Waals surface area contributed by atoms with Crippen molar-refractivity contribution in [1.82, 2.24) is 10.3 Å². The van der Waals surface area contributed by atoms with Gasteiger partial charge >= 0.3 is 5.97 Å². The van der Waals surface area contributed by atoms with Crippen molar-refractivity contribution in [2.45, 2.75) is 32.5 Å². The number of carbonyl (C=O) groups is 1. The van der Waals surface area contributed by atoms with Crippen LogP contribution < -0.4 is 14.8 Å². The maximum atomic E-state index is 12.0. The minimum absolute atomic E-state index is 0.356. The van der Waals surface area contributed by atoms with Crippen LogP contribution in [0, 0.1) is 6.92 Å². The Morgan fingerprint density at radius 2 is 1.85 bits per heavy atom. The molecule has 1 unspecified atom stereocenters. The molecule has 4 rings (SSSR count). The SMILES string of the molecule is COc1cc(CNC(Cc2c[nH]c3ccccc23)C(=O)O)c(Br)cc1OCc1ccc(C)cc1. The van der Waals surface area contributed by atoms with Gasteiger partial charge in [0.25, 0.3) is 0 Å². The van der Waals surface area contributed by atoms with E-state index in [0.29, 0.717) is 31.1 Å². The molecule has 0 aliphatic rings. The molecular formula is C27H27BrN2O4. The van der Waals surface area contributed by atoms with Crippen molar-refractivity contribution >= 4 is 32.8 Å². The lowest BCUT2D eigenvalue weighted by atomic mass is 10.0. The number of halogens is 1. The number of rotatable bonds is 10. The Hall–Kier alpha value is -3.29. The molecule has 0 radical (unpaired) electrons. The van der Waals surface area contributed by atoms with Crippen LogP contribution in [0.5, 0.6) is 11.5 Å². The van der Waals surface area contributed by atoms with Gasteiger partial charge in [-0.2, -0.15) is 0 Å². The lowest BCUT2D eigenvalue weighted by molar-refractivity contribution is -0.139. The van der Waals surface area contributed by atoms with E-state index in [9.17, 15) is 9.90 Å². The lowest BCUT2D eigenvalue weighted by Gasteiger charge is -2.17. The summed E-state index contributed by atoms with van der Waals surface area (Å²) < 4.78 is 12.3. The molecule has 0 saturated heterocycles. The molecule has 1 aromatic heterocycles. The summed E-state index contributed by atoms with van der Waals surface area (Å²) in [5, 5.41) is 14.0. The second-order valence-corrected chi connectivity index (χ2v) is 9.06. The maximum absolute atomic E-state index is 12.0. The number of aromatic nitrogens is 1. The standard InChI is InChI=1S/C27H27BrN2O4/c1-17-7-9-18(10-8-17)16-34-26-13-22(28)20(12-25(26)33-2)15-30-24(27(31)32)11-19-14-29-23-6-4-3-5-21(19)23/h3-10,12-14,24,29-30H,11,15-16H2,1-2H3,(H,31,32). The number of aliphatic carboxylic acids is 1. The van der Waals surface area contributed by atoms with Crippen molar-refractivity contribution in [3.05, 3.63) is 93.6 Å². The van der Waals surface area contributed by atoms with Crippen LogP contribution in [0.2, 0.25) is 0 Å². The summed E-state index contributed by atoms with van der Waals surface area (Å²) in [6.07, 6.45) is 2.24. The fourth-order valence-corrected chi connectivity index (χ4v) is 4.29. The summed E-state index contributed by atoms with van der Waals surface area (Å²) in [5.74, 6) is 0.314. The molecule has 4 aromatic rings. The van der Waals surface area contributed by atoms with Gasteiger partial charge in [0.2, 0.25) is 0 Å². The molecule has 3 N–H and O–H groups in total. The van der Waals surface area contributed by atoms with E-state index in [0.717, 1.165) is 32.1 Å². The number of methoxy groups -OCH3 is 1. The molecule has 176 valence electrons. The van der Waals surface area contributed by atoms with Crippen LogP contribution in [0.3, 0.4) is 0 Å². The first-order valence-corrected chi connectivity index (χ1v) is 11.8. The number of H-pyrrole nitrogens is 1. The fourth-order valence-electron chi connectivity index (χ4n) is 3.83.